The number of para-hydroxylation sites is 1. The molecule has 1 unspecified atom stereocenters. The Labute approximate surface area is 110 Å². The van der Waals surface area contributed by atoms with Crippen LogP contribution in [-0.2, 0) is 16.1 Å². The van der Waals surface area contributed by atoms with Crippen molar-refractivity contribution in [2.24, 2.45) is 5.92 Å². The molecule has 1 saturated carbocycles. The summed E-state index contributed by atoms with van der Waals surface area (Å²) >= 11 is 11.7. The van der Waals surface area contributed by atoms with Gasteiger partial charge in [0.25, 0.3) is 0 Å². The number of amides is 1. The third kappa shape index (κ3) is 2.92. The first kappa shape index (κ1) is 12.7. The first-order valence-corrected chi connectivity index (χ1v) is 6.05. The maximum absolute atomic E-state index is 11.8. The van der Waals surface area contributed by atoms with Crippen molar-refractivity contribution in [1.82, 2.24) is 0 Å². The fraction of sp³-hybridized carbons (Fsp3) is 0.417. The Morgan fingerprint density at radius 3 is 2.76 bits per heavy atom. The number of nitrogens with one attached hydrogen (secondary N) is 1. The van der Waals surface area contributed by atoms with Gasteiger partial charge in [-0.2, -0.15) is 0 Å². The van der Waals surface area contributed by atoms with E-state index in [1.807, 2.05) is 24.3 Å². The number of hydrogen-bond donors (Lipinski definition) is 1. The van der Waals surface area contributed by atoms with E-state index in [1.54, 1.807) is 7.11 Å². The van der Waals surface area contributed by atoms with Crippen molar-refractivity contribution in [3.8, 4) is 0 Å². The number of ether oxygens (including phenoxy) is 1. The zero-order chi connectivity index (χ0) is 12.5. The van der Waals surface area contributed by atoms with Gasteiger partial charge in [-0.25, -0.2) is 0 Å². The molecule has 0 aliphatic heterocycles. The van der Waals surface area contributed by atoms with E-state index >= 15 is 0 Å². The maximum atomic E-state index is 11.8. The summed E-state index contributed by atoms with van der Waals surface area (Å²) in [4.78, 5) is 11.8. The van der Waals surface area contributed by atoms with Gasteiger partial charge in [0.2, 0.25) is 5.91 Å². The van der Waals surface area contributed by atoms with Crippen molar-refractivity contribution in [3.63, 3.8) is 0 Å². The van der Waals surface area contributed by atoms with Crippen molar-refractivity contribution in [2.45, 2.75) is 17.4 Å². The molecule has 0 radical (unpaired) electrons. The van der Waals surface area contributed by atoms with Crippen LogP contribution < -0.4 is 5.32 Å². The Morgan fingerprint density at radius 1 is 1.53 bits per heavy atom. The molecule has 3 nitrogen and oxygen atoms in total. The summed E-state index contributed by atoms with van der Waals surface area (Å²) in [5.41, 5.74) is 1.68. The van der Waals surface area contributed by atoms with Crippen molar-refractivity contribution < 1.29 is 9.53 Å². The van der Waals surface area contributed by atoms with Crippen LogP contribution in [0.25, 0.3) is 0 Å². The molecule has 1 aromatic rings. The molecule has 0 spiro atoms. The summed E-state index contributed by atoms with van der Waals surface area (Å²) in [6, 6.07) is 7.49. The fourth-order valence-electron chi connectivity index (χ4n) is 1.64. The SMILES string of the molecule is COCc1ccccc1NC(=O)C1CC1(Cl)Cl. The van der Waals surface area contributed by atoms with Crippen molar-refractivity contribution in [2.75, 3.05) is 12.4 Å². The van der Waals surface area contributed by atoms with Crippen LogP contribution in [0.15, 0.2) is 24.3 Å². The second kappa shape index (κ2) is 4.84. The van der Waals surface area contributed by atoms with Crippen LogP contribution in [-0.4, -0.2) is 17.4 Å². The van der Waals surface area contributed by atoms with E-state index in [0.717, 1.165) is 11.3 Å². The second-order valence-electron chi connectivity index (χ2n) is 4.10. The van der Waals surface area contributed by atoms with Gasteiger partial charge in [-0.3, -0.25) is 4.79 Å². The number of carbonyl (C=O) groups is 1. The number of anilines is 1. The summed E-state index contributed by atoms with van der Waals surface area (Å²) in [5.74, 6) is -0.458. The summed E-state index contributed by atoms with van der Waals surface area (Å²) in [5, 5.41) is 2.83. The summed E-state index contributed by atoms with van der Waals surface area (Å²) in [6.45, 7) is 0.452. The van der Waals surface area contributed by atoms with Crippen LogP contribution in [0.1, 0.15) is 12.0 Å². The Bertz CT molecular complexity index is 434. The largest absolute Gasteiger partial charge is 0.380 e. The predicted molar refractivity (Wildman–Crippen MR) is 68.3 cm³/mol. The van der Waals surface area contributed by atoms with Crippen LogP contribution in [0.2, 0.25) is 0 Å². The molecule has 1 aliphatic rings. The first-order valence-electron chi connectivity index (χ1n) is 5.30. The number of halogens is 2. The minimum Gasteiger partial charge on any atom is -0.380 e. The summed E-state index contributed by atoms with van der Waals surface area (Å²) in [6.07, 6.45) is 0.508. The molecule has 1 atom stereocenters. The van der Waals surface area contributed by atoms with Gasteiger partial charge < -0.3 is 10.1 Å². The Hall–Kier alpha value is -0.770. The van der Waals surface area contributed by atoms with Crippen LogP contribution in [0.5, 0.6) is 0 Å². The van der Waals surface area contributed by atoms with Gasteiger partial charge in [0.1, 0.15) is 4.33 Å². The van der Waals surface area contributed by atoms with Crippen molar-refractivity contribution in [3.05, 3.63) is 29.8 Å². The van der Waals surface area contributed by atoms with Crippen LogP contribution in [0, 0.1) is 5.92 Å². The number of alkyl halides is 2. The van der Waals surface area contributed by atoms with E-state index in [-0.39, 0.29) is 11.8 Å². The highest BCUT2D eigenvalue weighted by atomic mass is 35.5. The van der Waals surface area contributed by atoms with E-state index in [9.17, 15) is 4.79 Å². The van der Waals surface area contributed by atoms with Gasteiger partial charge in [-0.1, -0.05) is 18.2 Å². The molecule has 0 bridgehead atoms. The van der Waals surface area contributed by atoms with Gasteiger partial charge in [0.05, 0.1) is 12.5 Å². The van der Waals surface area contributed by atoms with Crippen molar-refractivity contribution in [1.29, 1.82) is 0 Å². The number of methoxy groups -OCH3 is 1. The third-order valence-electron chi connectivity index (χ3n) is 2.72. The lowest BCUT2D eigenvalue weighted by Gasteiger charge is -2.10. The summed E-state index contributed by atoms with van der Waals surface area (Å²) < 4.78 is 4.18. The monoisotopic (exact) mass is 273 g/mol. The van der Waals surface area contributed by atoms with E-state index < -0.39 is 4.33 Å². The zero-order valence-corrected chi connectivity index (χ0v) is 10.9. The van der Waals surface area contributed by atoms with E-state index in [2.05, 4.69) is 5.32 Å². The Balaban J connectivity index is 2.06. The molecule has 1 fully saturated rings. The van der Waals surface area contributed by atoms with Gasteiger partial charge in [-0.15, -0.1) is 23.2 Å². The molecule has 1 amide bonds. The smallest absolute Gasteiger partial charge is 0.230 e. The average molecular weight is 274 g/mol. The van der Waals surface area contributed by atoms with Gasteiger partial charge in [0, 0.05) is 18.4 Å². The third-order valence-corrected chi connectivity index (χ3v) is 3.55. The van der Waals surface area contributed by atoms with Gasteiger partial charge >= 0.3 is 0 Å². The van der Waals surface area contributed by atoms with E-state index in [4.69, 9.17) is 27.9 Å². The topological polar surface area (TPSA) is 38.3 Å². The van der Waals surface area contributed by atoms with Gasteiger partial charge in [0.15, 0.2) is 0 Å². The minimum absolute atomic E-state index is 0.140. The highest BCUT2D eigenvalue weighted by Crippen LogP contribution is 2.53. The molecule has 1 aromatic carbocycles. The second-order valence-corrected chi connectivity index (χ2v) is 5.64. The molecule has 2 rings (SSSR count). The fourth-order valence-corrected chi connectivity index (χ4v) is 2.15. The molecule has 1 N–H and O–H groups in total. The molecule has 0 aromatic heterocycles. The highest BCUT2D eigenvalue weighted by Gasteiger charge is 2.56. The van der Waals surface area contributed by atoms with E-state index in [0.29, 0.717) is 13.0 Å². The number of rotatable bonds is 4. The molecule has 0 heterocycles. The molecular formula is C12H13Cl2NO2. The normalized spacial score (nSPS) is 21.0. The Morgan fingerprint density at radius 2 is 2.18 bits per heavy atom. The summed E-state index contributed by atoms with van der Waals surface area (Å²) in [7, 11) is 1.61. The van der Waals surface area contributed by atoms with Crippen LogP contribution in [0.4, 0.5) is 5.69 Å². The van der Waals surface area contributed by atoms with Crippen molar-refractivity contribution >= 4 is 34.8 Å². The zero-order valence-electron chi connectivity index (χ0n) is 9.37. The number of hydrogen-bond acceptors (Lipinski definition) is 2. The Kier molecular flexibility index (Phi) is 3.61. The average Bonchev–Trinajstić information content (AvgIpc) is 2.91. The molecule has 17 heavy (non-hydrogen) atoms. The molecule has 0 saturated heterocycles. The quantitative estimate of drug-likeness (QED) is 0.857. The maximum Gasteiger partial charge on any atom is 0.230 e. The standard InChI is InChI=1S/C12H13Cl2NO2/c1-17-7-8-4-2-3-5-10(8)15-11(16)9-6-12(9,13)14/h2-5,9H,6-7H2,1H3,(H,15,16). The predicted octanol–water partition coefficient (Wildman–Crippen LogP) is 2.97. The lowest BCUT2D eigenvalue weighted by Crippen LogP contribution is -2.17. The lowest BCUT2D eigenvalue weighted by molar-refractivity contribution is -0.117. The molecule has 92 valence electrons. The number of benzene rings is 1. The highest BCUT2D eigenvalue weighted by molar-refractivity contribution is 6.52. The molecular weight excluding hydrogens is 261 g/mol. The van der Waals surface area contributed by atoms with Gasteiger partial charge in [-0.05, 0) is 12.5 Å². The molecule has 1 aliphatic carbocycles. The van der Waals surface area contributed by atoms with E-state index in [1.165, 1.54) is 0 Å². The first-order chi connectivity index (χ1) is 8.04. The molecule has 5 heteroatoms. The minimum atomic E-state index is -0.889. The number of carbonyl (C=O) groups excluding carboxylic acids is 1. The lowest BCUT2D eigenvalue weighted by atomic mass is 10.2. The van der Waals surface area contributed by atoms with Crippen LogP contribution >= 0.6 is 23.2 Å². The van der Waals surface area contributed by atoms with Crippen LogP contribution in [0.3, 0.4) is 0 Å².